The van der Waals surface area contributed by atoms with Crippen LogP contribution in [0.3, 0.4) is 0 Å². The van der Waals surface area contributed by atoms with Gasteiger partial charge in [-0.25, -0.2) is 4.79 Å². The number of nitrogens with one attached hydrogen (secondary N) is 3. The molecule has 0 aliphatic heterocycles. The molecule has 3 N–H and O–H groups in total. The zero-order valence-electron chi connectivity index (χ0n) is 10.7. The molecular weight excluding hydrogens is 218 g/mol. The van der Waals surface area contributed by atoms with Crippen LogP contribution in [-0.2, 0) is 4.79 Å². The fraction of sp³-hybridized carbons (Fsp3) is 0.833. The summed E-state index contributed by atoms with van der Waals surface area (Å²) in [4.78, 5) is 22.8. The van der Waals surface area contributed by atoms with Gasteiger partial charge < -0.3 is 16.0 Å². The van der Waals surface area contributed by atoms with Gasteiger partial charge in [-0.2, -0.15) is 0 Å². The molecule has 0 aromatic carbocycles. The molecule has 1 rings (SSSR count). The first-order valence-corrected chi connectivity index (χ1v) is 6.41. The smallest absolute Gasteiger partial charge is 0.315 e. The summed E-state index contributed by atoms with van der Waals surface area (Å²) in [5.41, 5.74) is 0. The lowest BCUT2D eigenvalue weighted by Gasteiger charge is -2.22. The highest BCUT2D eigenvalue weighted by atomic mass is 16.2. The van der Waals surface area contributed by atoms with Crippen molar-refractivity contribution >= 4 is 11.9 Å². The minimum Gasteiger partial charge on any atom is -0.352 e. The number of amides is 3. The quantitative estimate of drug-likeness (QED) is 0.691. The maximum atomic E-state index is 11.5. The van der Waals surface area contributed by atoms with Gasteiger partial charge in [0.05, 0.1) is 6.54 Å². The number of hydrogen-bond donors (Lipinski definition) is 3. The van der Waals surface area contributed by atoms with Crippen molar-refractivity contribution in [3.63, 3.8) is 0 Å². The van der Waals surface area contributed by atoms with Gasteiger partial charge in [-0.05, 0) is 26.7 Å². The highest BCUT2D eigenvalue weighted by Crippen LogP contribution is 2.16. The van der Waals surface area contributed by atoms with E-state index in [1.165, 1.54) is 19.3 Å². The summed E-state index contributed by atoms with van der Waals surface area (Å²) in [5.74, 6) is -0.101. The highest BCUT2D eigenvalue weighted by molar-refractivity contribution is 5.84. The van der Waals surface area contributed by atoms with Crippen molar-refractivity contribution < 1.29 is 9.59 Å². The van der Waals surface area contributed by atoms with E-state index in [4.69, 9.17) is 0 Å². The van der Waals surface area contributed by atoms with Crippen LogP contribution in [0.15, 0.2) is 0 Å². The fourth-order valence-electron chi connectivity index (χ4n) is 2.00. The van der Waals surface area contributed by atoms with Crippen molar-refractivity contribution in [1.29, 1.82) is 0 Å². The van der Waals surface area contributed by atoms with Gasteiger partial charge in [0.1, 0.15) is 0 Å². The van der Waals surface area contributed by atoms with E-state index in [-0.39, 0.29) is 24.5 Å². The molecule has 1 aliphatic carbocycles. The van der Waals surface area contributed by atoms with E-state index in [2.05, 4.69) is 16.0 Å². The minimum atomic E-state index is -0.293. The molecule has 0 atom stereocenters. The third kappa shape index (κ3) is 6.14. The second-order valence-electron chi connectivity index (χ2n) is 4.88. The van der Waals surface area contributed by atoms with Gasteiger partial charge in [0.2, 0.25) is 5.91 Å². The van der Waals surface area contributed by atoms with Crippen LogP contribution in [0.25, 0.3) is 0 Å². The van der Waals surface area contributed by atoms with Crippen molar-refractivity contribution in [3.05, 3.63) is 0 Å². The summed E-state index contributed by atoms with van der Waals surface area (Å²) in [7, 11) is 0. The number of rotatable bonds is 4. The van der Waals surface area contributed by atoms with E-state index in [1.807, 2.05) is 13.8 Å². The summed E-state index contributed by atoms with van der Waals surface area (Å²) in [6.45, 7) is 3.80. The van der Waals surface area contributed by atoms with Gasteiger partial charge in [0.15, 0.2) is 0 Å². The molecule has 1 aliphatic rings. The Morgan fingerprint density at radius 3 is 2.41 bits per heavy atom. The largest absolute Gasteiger partial charge is 0.352 e. The topological polar surface area (TPSA) is 70.2 Å². The number of carbonyl (C=O) groups excluding carboxylic acids is 2. The fourth-order valence-corrected chi connectivity index (χ4v) is 2.00. The summed E-state index contributed by atoms with van der Waals surface area (Å²) in [5, 5.41) is 8.16. The molecule has 1 fully saturated rings. The van der Waals surface area contributed by atoms with E-state index in [0.717, 1.165) is 12.8 Å². The van der Waals surface area contributed by atoms with E-state index in [1.54, 1.807) is 0 Å². The lowest BCUT2D eigenvalue weighted by Crippen LogP contribution is -2.46. The Kier molecular flexibility index (Phi) is 5.80. The molecule has 0 spiro atoms. The lowest BCUT2D eigenvalue weighted by molar-refractivity contribution is -0.121. The average Bonchev–Trinajstić information content (AvgIpc) is 2.27. The van der Waals surface area contributed by atoms with E-state index < -0.39 is 0 Å². The Morgan fingerprint density at radius 2 is 1.82 bits per heavy atom. The molecule has 98 valence electrons. The predicted molar refractivity (Wildman–Crippen MR) is 66.7 cm³/mol. The molecule has 0 unspecified atom stereocenters. The maximum Gasteiger partial charge on any atom is 0.315 e. The zero-order valence-corrected chi connectivity index (χ0v) is 10.7. The van der Waals surface area contributed by atoms with Crippen molar-refractivity contribution in [2.24, 2.45) is 0 Å². The van der Waals surface area contributed by atoms with Crippen molar-refractivity contribution in [2.45, 2.75) is 58.0 Å². The summed E-state index contributed by atoms with van der Waals surface area (Å²) >= 11 is 0. The highest BCUT2D eigenvalue weighted by Gasteiger charge is 2.15. The van der Waals surface area contributed by atoms with Crippen molar-refractivity contribution in [3.8, 4) is 0 Å². The molecular formula is C12H23N3O2. The Labute approximate surface area is 103 Å². The van der Waals surface area contributed by atoms with Crippen molar-refractivity contribution in [2.75, 3.05) is 6.54 Å². The molecule has 0 aromatic heterocycles. The van der Waals surface area contributed by atoms with Crippen LogP contribution < -0.4 is 16.0 Å². The van der Waals surface area contributed by atoms with Crippen LogP contribution in [0.5, 0.6) is 0 Å². The minimum absolute atomic E-state index is 0.0506. The first-order valence-electron chi connectivity index (χ1n) is 6.41. The van der Waals surface area contributed by atoms with E-state index in [0.29, 0.717) is 6.04 Å². The SMILES string of the molecule is CC(C)NC(=O)NCC(=O)NC1CCCCC1. The van der Waals surface area contributed by atoms with Crippen LogP contribution in [0.2, 0.25) is 0 Å². The summed E-state index contributed by atoms with van der Waals surface area (Å²) in [6.07, 6.45) is 5.76. The van der Waals surface area contributed by atoms with Gasteiger partial charge in [0.25, 0.3) is 0 Å². The van der Waals surface area contributed by atoms with Gasteiger partial charge >= 0.3 is 6.03 Å². The second kappa shape index (κ2) is 7.14. The molecule has 0 bridgehead atoms. The molecule has 3 amide bonds. The van der Waals surface area contributed by atoms with Crippen LogP contribution in [0.4, 0.5) is 4.79 Å². The molecule has 0 saturated heterocycles. The Hall–Kier alpha value is -1.26. The normalized spacial score (nSPS) is 16.6. The summed E-state index contributed by atoms with van der Waals surface area (Å²) < 4.78 is 0. The first kappa shape index (κ1) is 13.8. The van der Waals surface area contributed by atoms with Crippen molar-refractivity contribution in [1.82, 2.24) is 16.0 Å². The van der Waals surface area contributed by atoms with Gasteiger partial charge in [0, 0.05) is 12.1 Å². The molecule has 0 heterocycles. The third-order valence-corrected chi connectivity index (χ3v) is 2.80. The Bertz CT molecular complexity index is 260. The molecule has 5 nitrogen and oxygen atoms in total. The number of carbonyl (C=O) groups is 2. The zero-order chi connectivity index (χ0) is 12.7. The van der Waals surface area contributed by atoms with Crippen LogP contribution in [0.1, 0.15) is 46.0 Å². The summed E-state index contributed by atoms with van der Waals surface area (Å²) in [6, 6.07) is 0.0846. The van der Waals surface area contributed by atoms with Gasteiger partial charge in [-0.15, -0.1) is 0 Å². The van der Waals surface area contributed by atoms with Gasteiger partial charge in [-0.3, -0.25) is 4.79 Å². The average molecular weight is 241 g/mol. The first-order chi connectivity index (χ1) is 8.08. The lowest BCUT2D eigenvalue weighted by atomic mass is 9.95. The van der Waals surface area contributed by atoms with Crippen LogP contribution >= 0.6 is 0 Å². The predicted octanol–water partition coefficient (Wildman–Crippen LogP) is 1.14. The molecule has 0 aromatic rings. The third-order valence-electron chi connectivity index (χ3n) is 2.80. The standard InChI is InChI=1S/C12H23N3O2/c1-9(2)14-12(17)13-8-11(16)15-10-6-4-3-5-7-10/h9-10H,3-8H2,1-2H3,(H,15,16)(H2,13,14,17). The van der Waals surface area contributed by atoms with Crippen LogP contribution in [-0.4, -0.2) is 30.6 Å². The second-order valence-corrected chi connectivity index (χ2v) is 4.88. The molecule has 0 radical (unpaired) electrons. The maximum absolute atomic E-state index is 11.5. The van der Waals surface area contributed by atoms with Crippen LogP contribution in [0, 0.1) is 0 Å². The van der Waals surface area contributed by atoms with E-state index in [9.17, 15) is 9.59 Å². The van der Waals surface area contributed by atoms with E-state index >= 15 is 0 Å². The molecule has 5 heteroatoms. The monoisotopic (exact) mass is 241 g/mol. The Balaban J connectivity index is 2.14. The molecule has 17 heavy (non-hydrogen) atoms. The number of urea groups is 1. The number of hydrogen-bond acceptors (Lipinski definition) is 2. The van der Waals surface area contributed by atoms with Gasteiger partial charge in [-0.1, -0.05) is 19.3 Å². The molecule has 1 saturated carbocycles. The Morgan fingerprint density at radius 1 is 1.18 bits per heavy atom.